The number of furan rings is 1. The van der Waals surface area contributed by atoms with Gasteiger partial charge >= 0.3 is 6.09 Å². The van der Waals surface area contributed by atoms with Crippen molar-refractivity contribution >= 4 is 29.7 Å². The Kier molecular flexibility index (Phi) is 7.02. The molecule has 1 aromatic carbocycles. The molecular weight excluding hydrogens is 393 g/mol. The van der Waals surface area contributed by atoms with Crippen molar-refractivity contribution in [2.75, 3.05) is 36.0 Å². The second-order valence-electron chi connectivity index (χ2n) is 6.77. The van der Waals surface area contributed by atoms with Crippen LogP contribution < -0.4 is 20.4 Å². The molecule has 160 valence electrons. The monoisotopic (exact) mass is 417 g/mol. The van der Waals surface area contributed by atoms with E-state index in [4.69, 9.17) is 14.6 Å². The van der Waals surface area contributed by atoms with E-state index in [1.807, 2.05) is 6.07 Å². The molecule has 2 heterocycles. The third kappa shape index (κ3) is 5.35. The summed E-state index contributed by atoms with van der Waals surface area (Å²) >= 11 is 0. The zero-order chi connectivity index (χ0) is 21.5. The van der Waals surface area contributed by atoms with Crippen LogP contribution in [0.1, 0.15) is 12.7 Å². The number of ether oxygens (including phenoxy) is 1. The van der Waals surface area contributed by atoms with Crippen LogP contribution in [0, 0.1) is 11.2 Å². The molecule has 1 aliphatic heterocycles. The fourth-order valence-corrected chi connectivity index (χ4v) is 3.07. The first-order valence-corrected chi connectivity index (χ1v) is 9.50. The van der Waals surface area contributed by atoms with Crippen molar-refractivity contribution in [3.05, 3.63) is 48.2 Å². The van der Waals surface area contributed by atoms with E-state index in [2.05, 4.69) is 10.6 Å². The number of benzene rings is 1. The predicted molar refractivity (Wildman–Crippen MR) is 109 cm³/mol. The van der Waals surface area contributed by atoms with Crippen LogP contribution in [0.25, 0.3) is 0 Å². The average molecular weight is 417 g/mol. The number of cyclic esters (lactones) is 1. The molecule has 10 heteroatoms. The molecule has 1 saturated heterocycles. The first kappa shape index (κ1) is 21.3. The van der Waals surface area contributed by atoms with Gasteiger partial charge in [-0.1, -0.05) is 0 Å². The highest BCUT2D eigenvalue weighted by Crippen LogP contribution is 2.27. The number of halogens is 1. The summed E-state index contributed by atoms with van der Waals surface area (Å²) in [6, 6.07) is 8.02. The van der Waals surface area contributed by atoms with Crippen molar-refractivity contribution in [1.29, 1.82) is 5.41 Å². The topological polar surface area (TPSA) is 111 Å². The van der Waals surface area contributed by atoms with E-state index in [0.29, 0.717) is 25.3 Å². The number of rotatable bonds is 10. The van der Waals surface area contributed by atoms with Gasteiger partial charge in [0, 0.05) is 20.0 Å². The highest BCUT2D eigenvalue weighted by atomic mass is 19.1. The van der Waals surface area contributed by atoms with Gasteiger partial charge in [0.05, 0.1) is 43.6 Å². The molecule has 1 aromatic heterocycles. The summed E-state index contributed by atoms with van der Waals surface area (Å²) in [6.07, 6.45) is 1.56. The van der Waals surface area contributed by atoms with E-state index in [1.165, 1.54) is 28.9 Å². The van der Waals surface area contributed by atoms with Crippen molar-refractivity contribution in [1.82, 2.24) is 10.6 Å². The van der Waals surface area contributed by atoms with E-state index in [1.54, 1.807) is 18.4 Å². The summed E-state index contributed by atoms with van der Waals surface area (Å²) in [5, 5.41) is 13.4. The van der Waals surface area contributed by atoms with Crippen LogP contribution in [0.5, 0.6) is 0 Å². The molecule has 2 amide bonds. The lowest BCUT2D eigenvalue weighted by molar-refractivity contribution is -0.119. The van der Waals surface area contributed by atoms with Crippen molar-refractivity contribution < 1.29 is 23.1 Å². The Bertz CT molecular complexity index is 889. The Hall–Kier alpha value is -3.40. The van der Waals surface area contributed by atoms with Gasteiger partial charge in [0.15, 0.2) is 0 Å². The van der Waals surface area contributed by atoms with Gasteiger partial charge in [0.25, 0.3) is 0 Å². The van der Waals surface area contributed by atoms with E-state index < -0.39 is 18.0 Å². The molecule has 0 spiro atoms. The third-order valence-corrected chi connectivity index (χ3v) is 4.57. The number of nitrogens with one attached hydrogen (secondary N) is 3. The fraction of sp³-hybridized carbons (Fsp3) is 0.350. The predicted octanol–water partition coefficient (Wildman–Crippen LogP) is 2.08. The average Bonchev–Trinajstić information content (AvgIpc) is 3.36. The van der Waals surface area contributed by atoms with Crippen molar-refractivity contribution in [3.8, 4) is 0 Å². The minimum Gasteiger partial charge on any atom is -0.468 e. The van der Waals surface area contributed by atoms with Gasteiger partial charge in [-0.2, -0.15) is 0 Å². The Labute approximate surface area is 173 Å². The van der Waals surface area contributed by atoms with Gasteiger partial charge in [0.2, 0.25) is 5.91 Å². The Morgan fingerprint density at radius 1 is 1.43 bits per heavy atom. The second-order valence-corrected chi connectivity index (χ2v) is 6.77. The maximum atomic E-state index is 14.7. The number of carbonyl (C=O) groups excluding carboxylic acids is 2. The lowest BCUT2D eigenvalue weighted by Crippen LogP contribution is -2.33. The lowest BCUT2D eigenvalue weighted by atomic mass is 10.2. The van der Waals surface area contributed by atoms with Crippen LogP contribution >= 0.6 is 0 Å². The van der Waals surface area contributed by atoms with Gasteiger partial charge in [-0.3, -0.25) is 15.1 Å². The lowest BCUT2D eigenvalue weighted by Gasteiger charge is -2.21. The van der Waals surface area contributed by atoms with E-state index in [9.17, 15) is 14.0 Å². The number of carbonyl (C=O) groups is 2. The van der Waals surface area contributed by atoms with Gasteiger partial charge in [-0.15, -0.1) is 0 Å². The number of hydrogen-bond donors (Lipinski definition) is 3. The van der Waals surface area contributed by atoms with Crippen LogP contribution in [0.4, 0.5) is 20.6 Å². The number of amides is 2. The zero-order valence-electron chi connectivity index (χ0n) is 16.6. The summed E-state index contributed by atoms with van der Waals surface area (Å²) in [5.41, 5.74) is 0.586. The normalized spacial score (nSPS) is 15.7. The molecule has 2 aromatic rings. The molecule has 1 aliphatic rings. The Morgan fingerprint density at radius 3 is 2.93 bits per heavy atom. The van der Waals surface area contributed by atoms with E-state index >= 15 is 0 Å². The van der Waals surface area contributed by atoms with Crippen molar-refractivity contribution in [2.45, 2.75) is 19.6 Å². The van der Waals surface area contributed by atoms with E-state index in [0.717, 1.165) is 12.1 Å². The Balaban J connectivity index is 1.58. The van der Waals surface area contributed by atoms with Gasteiger partial charge in [-0.25, -0.2) is 9.18 Å². The van der Waals surface area contributed by atoms with Crippen LogP contribution in [0.2, 0.25) is 0 Å². The summed E-state index contributed by atoms with van der Waals surface area (Å²) in [5.74, 6) is 0.0201. The highest BCUT2D eigenvalue weighted by molar-refractivity contribution is 5.90. The van der Waals surface area contributed by atoms with Gasteiger partial charge in [0.1, 0.15) is 17.7 Å². The smallest absolute Gasteiger partial charge is 0.414 e. The zero-order valence-corrected chi connectivity index (χ0v) is 16.6. The first-order valence-electron chi connectivity index (χ1n) is 9.50. The fourth-order valence-electron chi connectivity index (χ4n) is 3.07. The minimum absolute atomic E-state index is 0.199. The highest BCUT2D eigenvalue weighted by Gasteiger charge is 2.32. The molecule has 1 atom stereocenters. The molecule has 0 radical (unpaired) electrons. The standard InChI is InChI=1S/C20H24FN5O4/c1-14(27)24-11-17-12-26(20(28)30-17)15-4-5-19(18(21)9-15)25(13-22)7-6-23-10-16-3-2-8-29-16/h2-5,8-9,13,17,22-23H,6-7,10-12H2,1H3,(H,24,27). The SMILES string of the molecule is CC(=O)NCC1CN(c2ccc(N(C=N)CCNCc3ccco3)c(F)c2)C(=O)O1. The van der Waals surface area contributed by atoms with Crippen molar-refractivity contribution in [3.63, 3.8) is 0 Å². The minimum atomic E-state index is -0.594. The van der Waals surface area contributed by atoms with Crippen LogP contribution in [-0.2, 0) is 16.1 Å². The van der Waals surface area contributed by atoms with Crippen LogP contribution in [0.15, 0.2) is 41.0 Å². The molecule has 1 unspecified atom stereocenters. The number of hydrogen-bond acceptors (Lipinski definition) is 6. The maximum absolute atomic E-state index is 14.7. The molecule has 3 rings (SSSR count). The molecule has 0 saturated carbocycles. The quantitative estimate of drug-likeness (QED) is 0.310. The summed E-state index contributed by atoms with van der Waals surface area (Å²) < 4.78 is 25.2. The van der Waals surface area contributed by atoms with E-state index in [-0.39, 0.29) is 24.7 Å². The maximum Gasteiger partial charge on any atom is 0.414 e. The molecule has 30 heavy (non-hydrogen) atoms. The summed E-state index contributed by atoms with van der Waals surface area (Å²) in [6.45, 7) is 3.22. The Morgan fingerprint density at radius 2 is 2.27 bits per heavy atom. The van der Waals surface area contributed by atoms with Crippen LogP contribution in [-0.4, -0.2) is 50.6 Å². The molecular formula is C20H24FN5O4. The first-order chi connectivity index (χ1) is 14.5. The summed E-state index contributed by atoms with van der Waals surface area (Å²) in [7, 11) is 0. The molecule has 0 bridgehead atoms. The third-order valence-electron chi connectivity index (χ3n) is 4.57. The number of nitrogens with zero attached hydrogens (tertiary/aromatic N) is 2. The molecule has 3 N–H and O–H groups in total. The van der Waals surface area contributed by atoms with Gasteiger partial charge < -0.3 is 24.7 Å². The summed E-state index contributed by atoms with van der Waals surface area (Å²) in [4.78, 5) is 25.9. The van der Waals surface area contributed by atoms with Crippen LogP contribution in [0.3, 0.4) is 0 Å². The molecule has 1 fully saturated rings. The molecule has 9 nitrogen and oxygen atoms in total. The van der Waals surface area contributed by atoms with Crippen molar-refractivity contribution in [2.24, 2.45) is 0 Å². The second kappa shape index (κ2) is 9.88. The largest absolute Gasteiger partial charge is 0.468 e. The van der Waals surface area contributed by atoms with Gasteiger partial charge in [-0.05, 0) is 30.3 Å². The number of anilines is 2. The molecule has 0 aliphatic carbocycles.